The lowest BCUT2D eigenvalue weighted by molar-refractivity contribution is 0.0669. The molecule has 0 aliphatic carbocycles. The molecule has 4 nitrogen and oxygen atoms in total. The highest BCUT2D eigenvalue weighted by Crippen LogP contribution is 2.20. The van der Waals surface area contributed by atoms with Crippen molar-refractivity contribution >= 4 is 30.7 Å². The maximum atomic E-state index is 12.2. The molecule has 1 aromatic rings. The normalized spacial score (nSPS) is 18.2. The summed E-state index contributed by atoms with van der Waals surface area (Å²) in [5, 5.41) is 0. The van der Waals surface area contributed by atoms with E-state index in [1.54, 1.807) is 24.5 Å². The summed E-state index contributed by atoms with van der Waals surface area (Å²) in [6.45, 7) is 2.42. The zero-order valence-corrected chi connectivity index (χ0v) is 12.5. The first-order chi connectivity index (χ1) is 8.31. The number of nitrogens with zero attached hydrogens (tertiary/aromatic N) is 2. The van der Waals surface area contributed by atoms with Crippen LogP contribution in [0.5, 0.6) is 0 Å². The molecule has 1 amide bonds. The van der Waals surface area contributed by atoms with Gasteiger partial charge in [-0.2, -0.15) is 0 Å². The average molecular weight is 306 g/mol. The molecule has 1 aromatic heterocycles. The zero-order valence-electron chi connectivity index (χ0n) is 10.8. The second kappa shape index (κ2) is 9.13. The number of pyridine rings is 1. The standard InChI is InChI=1S/C13H19N3O.2ClH/c14-6-3-11-2-1-9-16(10-11)13(17)12-4-7-15-8-5-12;;/h4-5,7-8,11H,1-3,6,9-10,14H2;2*1H. The number of aromatic nitrogens is 1. The number of halogens is 2. The Hall–Kier alpha value is -0.840. The largest absolute Gasteiger partial charge is 0.338 e. The number of likely N-dealkylation sites (tertiary alicyclic amines) is 1. The Balaban J connectivity index is 0.00000162. The molecule has 1 atom stereocenters. The molecule has 0 bridgehead atoms. The van der Waals surface area contributed by atoms with Gasteiger partial charge in [-0.15, -0.1) is 24.8 Å². The van der Waals surface area contributed by atoms with Gasteiger partial charge in [-0.25, -0.2) is 0 Å². The Kier molecular flexibility index (Phi) is 8.72. The molecule has 1 saturated heterocycles. The lowest BCUT2D eigenvalue weighted by Crippen LogP contribution is -2.40. The van der Waals surface area contributed by atoms with Crippen LogP contribution in [-0.4, -0.2) is 35.4 Å². The van der Waals surface area contributed by atoms with Crippen molar-refractivity contribution in [3.8, 4) is 0 Å². The van der Waals surface area contributed by atoms with E-state index < -0.39 is 0 Å². The van der Waals surface area contributed by atoms with E-state index in [0.717, 1.165) is 31.5 Å². The monoisotopic (exact) mass is 305 g/mol. The maximum absolute atomic E-state index is 12.2. The summed E-state index contributed by atoms with van der Waals surface area (Å²) in [7, 11) is 0. The van der Waals surface area contributed by atoms with E-state index in [9.17, 15) is 4.79 Å². The molecule has 1 unspecified atom stereocenters. The van der Waals surface area contributed by atoms with Crippen molar-refractivity contribution in [3.63, 3.8) is 0 Å². The van der Waals surface area contributed by atoms with Crippen LogP contribution >= 0.6 is 24.8 Å². The van der Waals surface area contributed by atoms with Gasteiger partial charge in [-0.05, 0) is 43.9 Å². The molecule has 0 radical (unpaired) electrons. The van der Waals surface area contributed by atoms with Crippen LogP contribution in [0.25, 0.3) is 0 Å². The zero-order chi connectivity index (χ0) is 12.1. The second-order valence-corrected chi connectivity index (χ2v) is 4.57. The molecular weight excluding hydrogens is 285 g/mol. The molecule has 0 aromatic carbocycles. The van der Waals surface area contributed by atoms with Gasteiger partial charge in [0.05, 0.1) is 0 Å². The van der Waals surface area contributed by atoms with E-state index in [0.29, 0.717) is 12.5 Å². The van der Waals surface area contributed by atoms with E-state index in [1.165, 1.54) is 6.42 Å². The minimum absolute atomic E-state index is 0. The van der Waals surface area contributed by atoms with Crippen molar-refractivity contribution in [1.82, 2.24) is 9.88 Å². The first-order valence-corrected chi connectivity index (χ1v) is 6.20. The van der Waals surface area contributed by atoms with Crippen LogP contribution in [0.3, 0.4) is 0 Å². The molecule has 6 heteroatoms. The SMILES string of the molecule is Cl.Cl.NCCC1CCCN(C(=O)c2ccncc2)C1. The second-order valence-electron chi connectivity index (χ2n) is 4.57. The van der Waals surface area contributed by atoms with Crippen molar-refractivity contribution in [2.75, 3.05) is 19.6 Å². The highest BCUT2D eigenvalue weighted by atomic mass is 35.5. The van der Waals surface area contributed by atoms with Crippen molar-refractivity contribution < 1.29 is 4.79 Å². The lowest BCUT2D eigenvalue weighted by Gasteiger charge is -2.32. The van der Waals surface area contributed by atoms with Crippen molar-refractivity contribution in [2.45, 2.75) is 19.3 Å². The topological polar surface area (TPSA) is 59.2 Å². The number of piperidine rings is 1. The lowest BCUT2D eigenvalue weighted by atomic mass is 9.94. The molecule has 2 heterocycles. The molecule has 0 saturated carbocycles. The van der Waals surface area contributed by atoms with Crippen LogP contribution in [0.1, 0.15) is 29.6 Å². The molecule has 19 heavy (non-hydrogen) atoms. The number of hydrogen-bond donors (Lipinski definition) is 1. The number of carbonyl (C=O) groups is 1. The molecule has 0 spiro atoms. The Labute approximate surface area is 126 Å². The summed E-state index contributed by atoms with van der Waals surface area (Å²) in [5.41, 5.74) is 6.31. The number of rotatable bonds is 3. The highest BCUT2D eigenvalue weighted by Gasteiger charge is 2.23. The van der Waals surface area contributed by atoms with Crippen LogP contribution in [0, 0.1) is 5.92 Å². The minimum atomic E-state index is 0. The fourth-order valence-electron chi connectivity index (χ4n) is 2.40. The van der Waals surface area contributed by atoms with Gasteiger partial charge in [0.2, 0.25) is 0 Å². The van der Waals surface area contributed by atoms with Gasteiger partial charge in [-0.3, -0.25) is 9.78 Å². The van der Waals surface area contributed by atoms with Crippen LogP contribution in [0.2, 0.25) is 0 Å². The summed E-state index contributed by atoms with van der Waals surface area (Å²) in [5.74, 6) is 0.689. The first-order valence-electron chi connectivity index (χ1n) is 6.20. The highest BCUT2D eigenvalue weighted by molar-refractivity contribution is 5.94. The summed E-state index contributed by atoms with van der Waals surface area (Å²) in [4.78, 5) is 18.1. The molecule has 2 N–H and O–H groups in total. The molecule has 2 rings (SSSR count). The van der Waals surface area contributed by atoms with E-state index in [2.05, 4.69) is 4.98 Å². The van der Waals surface area contributed by atoms with Gasteiger partial charge >= 0.3 is 0 Å². The Morgan fingerprint density at radius 2 is 2.05 bits per heavy atom. The van der Waals surface area contributed by atoms with Crippen molar-refractivity contribution in [3.05, 3.63) is 30.1 Å². The van der Waals surface area contributed by atoms with Crippen LogP contribution in [-0.2, 0) is 0 Å². The summed E-state index contributed by atoms with van der Waals surface area (Å²) >= 11 is 0. The molecule has 108 valence electrons. The van der Waals surface area contributed by atoms with Gasteiger partial charge in [0.1, 0.15) is 0 Å². The predicted molar refractivity (Wildman–Crippen MR) is 81.0 cm³/mol. The average Bonchev–Trinajstić information content (AvgIpc) is 2.40. The fourth-order valence-corrected chi connectivity index (χ4v) is 2.40. The summed E-state index contributed by atoms with van der Waals surface area (Å²) in [6, 6.07) is 3.55. The van der Waals surface area contributed by atoms with Crippen LogP contribution < -0.4 is 5.73 Å². The van der Waals surface area contributed by atoms with E-state index in [-0.39, 0.29) is 30.7 Å². The summed E-state index contributed by atoms with van der Waals surface area (Å²) < 4.78 is 0. The third kappa shape index (κ3) is 4.97. The van der Waals surface area contributed by atoms with Crippen molar-refractivity contribution in [2.24, 2.45) is 11.7 Å². The third-order valence-electron chi connectivity index (χ3n) is 3.31. The Morgan fingerprint density at radius 3 is 2.68 bits per heavy atom. The summed E-state index contributed by atoms with van der Waals surface area (Å²) in [6.07, 6.45) is 6.61. The van der Waals surface area contributed by atoms with Gasteiger partial charge in [-0.1, -0.05) is 0 Å². The van der Waals surface area contributed by atoms with Gasteiger partial charge in [0.25, 0.3) is 5.91 Å². The van der Waals surface area contributed by atoms with Gasteiger partial charge in [0.15, 0.2) is 0 Å². The predicted octanol–water partition coefficient (Wildman–Crippen LogP) is 2.13. The Morgan fingerprint density at radius 1 is 1.37 bits per heavy atom. The smallest absolute Gasteiger partial charge is 0.253 e. The number of hydrogen-bond acceptors (Lipinski definition) is 3. The van der Waals surface area contributed by atoms with E-state index >= 15 is 0 Å². The van der Waals surface area contributed by atoms with E-state index in [1.807, 2.05) is 4.90 Å². The molecular formula is C13H21Cl2N3O. The van der Waals surface area contributed by atoms with Crippen LogP contribution in [0.15, 0.2) is 24.5 Å². The Bertz CT molecular complexity index is 373. The quantitative estimate of drug-likeness (QED) is 0.930. The minimum Gasteiger partial charge on any atom is -0.338 e. The van der Waals surface area contributed by atoms with Crippen molar-refractivity contribution in [1.29, 1.82) is 0 Å². The van der Waals surface area contributed by atoms with Gasteiger partial charge < -0.3 is 10.6 Å². The molecule has 1 aliphatic rings. The van der Waals surface area contributed by atoms with Crippen LogP contribution in [0.4, 0.5) is 0 Å². The number of nitrogens with two attached hydrogens (primary N) is 1. The fraction of sp³-hybridized carbons (Fsp3) is 0.538. The molecule has 1 aliphatic heterocycles. The first kappa shape index (κ1) is 18.2. The third-order valence-corrected chi connectivity index (χ3v) is 3.31. The number of amides is 1. The number of carbonyl (C=O) groups excluding carboxylic acids is 1. The maximum Gasteiger partial charge on any atom is 0.253 e. The van der Waals surface area contributed by atoms with Gasteiger partial charge in [0, 0.05) is 31.0 Å². The molecule has 1 fully saturated rings. The van der Waals surface area contributed by atoms with E-state index in [4.69, 9.17) is 5.73 Å².